The Bertz CT molecular complexity index is 1030. The minimum absolute atomic E-state index is 0.00408. The van der Waals surface area contributed by atoms with E-state index in [9.17, 15) is 35.1 Å². The van der Waals surface area contributed by atoms with Crippen LogP contribution in [0.1, 0.15) is 92.4 Å². The van der Waals surface area contributed by atoms with E-state index in [1.807, 2.05) is 0 Å². The third-order valence-corrected chi connectivity index (χ3v) is 13.1. The van der Waals surface area contributed by atoms with Crippen LogP contribution in [0.3, 0.4) is 0 Å². The lowest BCUT2D eigenvalue weighted by molar-refractivity contribution is -0.244. The average molecular weight is 519 g/mol. The molecule has 0 saturated heterocycles. The second-order valence-corrected chi connectivity index (χ2v) is 14.9. The van der Waals surface area contributed by atoms with Gasteiger partial charge in [-0.3, -0.25) is 9.59 Å². The Kier molecular flexibility index (Phi) is 5.90. The maximum atomic E-state index is 12.8. The lowest BCUT2D eigenvalue weighted by Gasteiger charge is -2.71. The highest BCUT2D eigenvalue weighted by atomic mass is 16.4. The highest BCUT2D eigenvalue weighted by Crippen LogP contribution is 2.75. The lowest BCUT2D eigenvalue weighted by Crippen LogP contribution is -2.69. The molecule has 5 aliphatic carbocycles. The van der Waals surface area contributed by atoms with Gasteiger partial charge in [-0.2, -0.15) is 0 Å². The highest BCUT2D eigenvalue weighted by molar-refractivity contribution is 5.77. The Hall–Kier alpha value is -1.44. The Morgan fingerprint density at radius 2 is 1.54 bits per heavy atom. The van der Waals surface area contributed by atoms with Gasteiger partial charge in [0.25, 0.3) is 0 Å². The first-order chi connectivity index (χ1) is 17.1. The summed E-state index contributed by atoms with van der Waals surface area (Å²) >= 11 is 0. The number of carboxylic acid groups (broad SMARTS) is 2. The summed E-state index contributed by atoms with van der Waals surface area (Å²) in [5, 5.41) is 53.8. The number of carbonyl (C=O) groups is 2. The summed E-state index contributed by atoms with van der Waals surface area (Å²) in [6.45, 7) is 10.3. The third kappa shape index (κ3) is 3.17. The molecule has 5 N–H and O–H groups in total. The van der Waals surface area contributed by atoms with Crippen molar-refractivity contribution in [1.29, 1.82) is 0 Å². The molecule has 5 rings (SSSR count). The van der Waals surface area contributed by atoms with Crippen molar-refractivity contribution in [3.05, 3.63) is 11.6 Å². The van der Waals surface area contributed by atoms with Gasteiger partial charge in [-0.1, -0.05) is 39.3 Å². The van der Waals surface area contributed by atoms with Gasteiger partial charge < -0.3 is 25.5 Å². The molecule has 4 fully saturated rings. The van der Waals surface area contributed by atoms with Gasteiger partial charge in [-0.05, 0) is 98.7 Å². The van der Waals surface area contributed by atoms with E-state index in [1.165, 1.54) is 0 Å². The van der Waals surface area contributed by atoms with Crippen LogP contribution in [0.4, 0.5) is 0 Å². The fraction of sp³-hybridized carbons (Fsp3) is 0.867. The molecule has 5 aliphatic rings. The molecule has 0 aromatic carbocycles. The van der Waals surface area contributed by atoms with E-state index in [0.29, 0.717) is 44.9 Å². The van der Waals surface area contributed by atoms with Gasteiger partial charge in [0.1, 0.15) is 0 Å². The number of aliphatic hydroxyl groups is 3. The van der Waals surface area contributed by atoms with E-state index in [2.05, 4.69) is 33.8 Å². The fourth-order valence-corrected chi connectivity index (χ4v) is 10.9. The SMILES string of the molecule is CC1(C)CC[C@]2(C(=O)O)CC[C@]3(CO)C(=CC[C@@H]4[C@@]5(C)C[C@H](O)[C@H](O)C(C)(C(=O)O)C5CC[C@]43C)[C@H]2C1. The summed E-state index contributed by atoms with van der Waals surface area (Å²) in [6, 6.07) is 0. The van der Waals surface area contributed by atoms with Gasteiger partial charge in [0.05, 0.1) is 29.6 Å². The first-order valence-corrected chi connectivity index (χ1v) is 14.2. The minimum Gasteiger partial charge on any atom is -0.481 e. The number of aliphatic hydroxyl groups excluding tert-OH is 3. The molecule has 37 heavy (non-hydrogen) atoms. The maximum absolute atomic E-state index is 12.8. The number of allylic oxidation sites excluding steroid dienone is 1. The second kappa shape index (κ2) is 8.04. The van der Waals surface area contributed by atoms with Crippen LogP contribution in [0.5, 0.6) is 0 Å². The molecule has 0 aliphatic heterocycles. The lowest BCUT2D eigenvalue weighted by atomic mass is 9.33. The van der Waals surface area contributed by atoms with Crippen LogP contribution in [-0.4, -0.2) is 56.3 Å². The first kappa shape index (κ1) is 27.1. The van der Waals surface area contributed by atoms with Crippen LogP contribution in [0, 0.1) is 50.2 Å². The van der Waals surface area contributed by atoms with Gasteiger partial charge in [0.15, 0.2) is 0 Å². The van der Waals surface area contributed by atoms with Crippen LogP contribution in [0.2, 0.25) is 0 Å². The predicted octanol–water partition coefficient (Wildman–Crippen LogP) is 4.24. The van der Waals surface area contributed by atoms with Crippen LogP contribution >= 0.6 is 0 Å². The van der Waals surface area contributed by atoms with Crippen molar-refractivity contribution in [3.8, 4) is 0 Å². The molecule has 0 amide bonds. The number of hydrogen-bond acceptors (Lipinski definition) is 5. The fourth-order valence-electron chi connectivity index (χ4n) is 10.9. The van der Waals surface area contributed by atoms with Crippen molar-refractivity contribution < 1.29 is 35.1 Å². The standard InChI is InChI=1S/C30H46O7/c1-25(2)10-11-29(24(36)37)12-13-30(16-31)17(18(29)14-25)6-7-20-26(3)15-19(32)22(33)28(5,23(34)35)21(26)8-9-27(20,30)4/h6,18-22,31-33H,7-16H2,1-5H3,(H,34,35)(H,36,37)/t18-,19+,20-,21?,22+,26-,27-,28?,29+,30+/m1/s1. The molecule has 208 valence electrons. The smallest absolute Gasteiger partial charge is 0.312 e. The largest absolute Gasteiger partial charge is 0.481 e. The summed E-state index contributed by atoms with van der Waals surface area (Å²) in [4.78, 5) is 25.4. The minimum atomic E-state index is -1.46. The molecule has 7 heteroatoms. The molecule has 0 aromatic rings. The van der Waals surface area contributed by atoms with Gasteiger partial charge in [0.2, 0.25) is 0 Å². The zero-order valence-corrected chi connectivity index (χ0v) is 23.1. The Morgan fingerprint density at radius 1 is 0.892 bits per heavy atom. The number of hydrogen-bond donors (Lipinski definition) is 5. The van der Waals surface area contributed by atoms with E-state index >= 15 is 0 Å². The summed E-state index contributed by atoms with van der Waals surface area (Å²) in [5.41, 5.74) is -2.59. The summed E-state index contributed by atoms with van der Waals surface area (Å²) in [5.74, 6) is -2.22. The number of rotatable bonds is 3. The van der Waals surface area contributed by atoms with Crippen molar-refractivity contribution in [2.24, 2.45) is 50.2 Å². The Labute approximate surface area is 220 Å². The number of carboxylic acids is 2. The first-order valence-electron chi connectivity index (χ1n) is 14.2. The van der Waals surface area contributed by atoms with Crippen LogP contribution in [0.15, 0.2) is 11.6 Å². The molecule has 0 heterocycles. The quantitative estimate of drug-likeness (QED) is 0.353. The highest BCUT2D eigenvalue weighted by Gasteiger charge is 2.72. The number of aliphatic carboxylic acids is 2. The van der Waals surface area contributed by atoms with E-state index < -0.39 is 45.8 Å². The summed E-state index contributed by atoms with van der Waals surface area (Å²) in [7, 11) is 0. The van der Waals surface area contributed by atoms with Crippen LogP contribution in [-0.2, 0) is 9.59 Å². The van der Waals surface area contributed by atoms with Gasteiger partial charge in [-0.15, -0.1) is 0 Å². The van der Waals surface area contributed by atoms with E-state index in [-0.39, 0.29) is 35.2 Å². The van der Waals surface area contributed by atoms with Crippen molar-refractivity contribution in [1.82, 2.24) is 0 Å². The molecular weight excluding hydrogens is 472 g/mol. The normalized spacial score (nSPS) is 52.5. The zero-order chi connectivity index (χ0) is 27.4. The van der Waals surface area contributed by atoms with Crippen LogP contribution < -0.4 is 0 Å². The van der Waals surface area contributed by atoms with Gasteiger partial charge in [0, 0.05) is 5.41 Å². The molecule has 7 nitrogen and oxygen atoms in total. The van der Waals surface area contributed by atoms with Crippen LogP contribution in [0.25, 0.3) is 0 Å². The maximum Gasteiger partial charge on any atom is 0.312 e. The zero-order valence-electron chi connectivity index (χ0n) is 23.1. The van der Waals surface area contributed by atoms with Gasteiger partial charge in [-0.25, -0.2) is 0 Å². The summed E-state index contributed by atoms with van der Waals surface area (Å²) in [6.07, 6.45) is 5.50. The molecule has 0 aromatic heterocycles. The Balaban J connectivity index is 1.65. The van der Waals surface area contributed by atoms with E-state index in [0.717, 1.165) is 18.4 Å². The molecular formula is C30H46O7. The van der Waals surface area contributed by atoms with E-state index in [4.69, 9.17) is 0 Å². The Morgan fingerprint density at radius 3 is 2.14 bits per heavy atom. The molecule has 0 spiro atoms. The predicted molar refractivity (Wildman–Crippen MR) is 137 cm³/mol. The molecule has 4 saturated carbocycles. The second-order valence-electron chi connectivity index (χ2n) is 14.9. The molecule has 2 unspecified atom stereocenters. The monoisotopic (exact) mass is 518 g/mol. The number of fused-ring (bicyclic) bond motifs is 7. The average Bonchev–Trinajstić information content (AvgIpc) is 2.81. The van der Waals surface area contributed by atoms with Crippen molar-refractivity contribution in [2.75, 3.05) is 6.61 Å². The summed E-state index contributed by atoms with van der Waals surface area (Å²) < 4.78 is 0. The van der Waals surface area contributed by atoms with Gasteiger partial charge >= 0.3 is 11.9 Å². The molecule has 0 radical (unpaired) electrons. The van der Waals surface area contributed by atoms with E-state index in [1.54, 1.807) is 6.92 Å². The molecule has 0 bridgehead atoms. The van der Waals surface area contributed by atoms with Crippen molar-refractivity contribution >= 4 is 11.9 Å². The third-order valence-electron chi connectivity index (χ3n) is 13.1. The molecule has 10 atom stereocenters. The topological polar surface area (TPSA) is 135 Å². The van der Waals surface area contributed by atoms with Crippen molar-refractivity contribution in [3.63, 3.8) is 0 Å². The van der Waals surface area contributed by atoms with Crippen molar-refractivity contribution in [2.45, 2.75) is 105 Å².